The fraction of sp³-hybridized carbons (Fsp3) is 0.484. The second kappa shape index (κ2) is 14.6. The molecule has 2 amide bonds. The number of Topliss-reactive ketones (excluding diaryl/α,β-unsaturated/α-hetero) is 2. The van der Waals surface area contributed by atoms with Crippen LogP contribution in [-0.4, -0.2) is 64.9 Å². The van der Waals surface area contributed by atoms with Crippen molar-refractivity contribution in [1.29, 1.82) is 0 Å². The SMILES string of the molecule is COCc1cc(C(=O)N[C@@H](Cc2cscn2)C(=O)C[C@@H](Cc2ccccc2)C(=O)N[C@@H](CC(C)C)C(=O)[C@@]2(C)CO2)no1. The zero-order chi connectivity index (χ0) is 31.0. The van der Waals surface area contributed by atoms with E-state index in [0.717, 1.165) is 5.56 Å². The van der Waals surface area contributed by atoms with Crippen molar-refractivity contribution in [2.75, 3.05) is 13.7 Å². The highest BCUT2D eigenvalue weighted by Crippen LogP contribution is 2.30. The Hall–Kier alpha value is -3.74. The van der Waals surface area contributed by atoms with Gasteiger partial charge in [-0.05, 0) is 31.2 Å². The van der Waals surface area contributed by atoms with Gasteiger partial charge in [-0.1, -0.05) is 49.3 Å². The molecule has 0 aliphatic carbocycles. The van der Waals surface area contributed by atoms with E-state index in [4.69, 9.17) is 14.0 Å². The Labute approximate surface area is 254 Å². The molecular weight excluding hydrogens is 572 g/mol. The van der Waals surface area contributed by atoms with Crippen LogP contribution in [0.4, 0.5) is 0 Å². The number of epoxide rings is 1. The number of methoxy groups -OCH3 is 1. The van der Waals surface area contributed by atoms with Crippen molar-refractivity contribution < 1.29 is 33.2 Å². The van der Waals surface area contributed by atoms with Crippen LogP contribution < -0.4 is 10.6 Å². The fourth-order valence-electron chi connectivity index (χ4n) is 4.81. The van der Waals surface area contributed by atoms with E-state index in [0.29, 0.717) is 24.5 Å². The summed E-state index contributed by atoms with van der Waals surface area (Å²) in [5.74, 6) is -1.80. The summed E-state index contributed by atoms with van der Waals surface area (Å²) in [6.07, 6.45) is 0.692. The fourth-order valence-corrected chi connectivity index (χ4v) is 5.38. The maximum absolute atomic E-state index is 13.8. The summed E-state index contributed by atoms with van der Waals surface area (Å²) in [6.45, 7) is 6.14. The first-order chi connectivity index (χ1) is 20.6. The first kappa shape index (κ1) is 32.2. The predicted octanol–water partition coefficient (Wildman–Crippen LogP) is 3.33. The van der Waals surface area contributed by atoms with E-state index >= 15 is 0 Å². The minimum atomic E-state index is -0.977. The summed E-state index contributed by atoms with van der Waals surface area (Å²) in [5, 5.41) is 11.3. The number of thiazole rings is 1. The van der Waals surface area contributed by atoms with E-state index in [1.165, 1.54) is 24.5 Å². The van der Waals surface area contributed by atoms with Crippen molar-refractivity contribution in [1.82, 2.24) is 20.8 Å². The Bertz CT molecular complexity index is 1390. The number of hydrogen-bond donors (Lipinski definition) is 2. The Morgan fingerprint density at radius 3 is 2.47 bits per heavy atom. The third-order valence-electron chi connectivity index (χ3n) is 7.25. The molecule has 1 fully saturated rings. The van der Waals surface area contributed by atoms with Gasteiger partial charge in [-0.2, -0.15) is 0 Å². The van der Waals surface area contributed by atoms with E-state index in [9.17, 15) is 19.2 Å². The number of carbonyl (C=O) groups excluding carboxylic acids is 4. The lowest BCUT2D eigenvalue weighted by Gasteiger charge is -2.25. The van der Waals surface area contributed by atoms with Crippen molar-refractivity contribution in [3.63, 3.8) is 0 Å². The molecule has 2 aromatic heterocycles. The van der Waals surface area contributed by atoms with Gasteiger partial charge in [0.05, 0.1) is 29.9 Å². The molecule has 2 N–H and O–H groups in total. The van der Waals surface area contributed by atoms with Gasteiger partial charge in [0.15, 0.2) is 23.0 Å². The highest BCUT2D eigenvalue weighted by molar-refractivity contribution is 7.07. The van der Waals surface area contributed by atoms with Crippen LogP contribution in [0.3, 0.4) is 0 Å². The van der Waals surface area contributed by atoms with Crippen LogP contribution in [0, 0.1) is 11.8 Å². The molecule has 3 heterocycles. The van der Waals surface area contributed by atoms with E-state index in [1.54, 1.807) is 17.8 Å². The summed E-state index contributed by atoms with van der Waals surface area (Å²) in [6, 6.07) is 9.10. The Morgan fingerprint density at radius 1 is 1.09 bits per heavy atom. The van der Waals surface area contributed by atoms with Gasteiger partial charge in [0.2, 0.25) is 5.91 Å². The summed E-state index contributed by atoms with van der Waals surface area (Å²) in [5.41, 5.74) is 2.26. The zero-order valence-corrected chi connectivity index (χ0v) is 25.6. The molecule has 0 saturated carbocycles. The summed E-state index contributed by atoms with van der Waals surface area (Å²) in [4.78, 5) is 58.2. The van der Waals surface area contributed by atoms with Gasteiger partial charge in [0, 0.05) is 37.3 Å². The summed E-state index contributed by atoms with van der Waals surface area (Å²) >= 11 is 1.38. The molecule has 4 atom stereocenters. The normalized spacial score (nSPS) is 18.1. The van der Waals surface area contributed by atoms with Gasteiger partial charge >= 0.3 is 0 Å². The highest BCUT2D eigenvalue weighted by Gasteiger charge is 2.50. The van der Waals surface area contributed by atoms with Gasteiger partial charge < -0.3 is 24.6 Å². The molecule has 43 heavy (non-hydrogen) atoms. The molecule has 1 aliphatic rings. The second-order valence-electron chi connectivity index (χ2n) is 11.5. The molecule has 3 aromatic rings. The second-order valence-corrected chi connectivity index (χ2v) is 12.2. The lowest BCUT2D eigenvalue weighted by atomic mass is 9.88. The molecule has 0 spiro atoms. The monoisotopic (exact) mass is 610 g/mol. The van der Waals surface area contributed by atoms with Crippen molar-refractivity contribution in [2.45, 2.75) is 70.7 Å². The van der Waals surface area contributed by atoms with Crippen LogP contribution >= 0.6 is 11.3 Å². The van der Waals surface area contributed by atoms with Crippen LogP contribution in [0.2, 0.25) is 0 Å². The van der Waals surface area contributed by atoms with E-state index in [2.05, 4.69) is 20.8 Å². The molecule has 0 unspecified atom stereocenters. The van der Waals surface area contributed by atoms with Crippen LogP contribution in [-0.2, 0) is 43.3 Å². The average molecular weight is 611 g/mol. The number of nitrogens with zero attached hydrogens (tertiary/aromatic N) is 2. The molecule has 0 bridgehead atoms. The minimum absolute atomic E-state index is 0.00698. The molecule has 11 nitrogen and oxygen atoms in total. The Kier molecular flexibility index (Phi) is 10.9. The van der Waals surface area contributed by atoms with Gasteiger partial charge in [0.1, 0.15) is 12.2 Å². The molecule has 1 aromatic carbocycles. The number of rotatable bonds is 17. The van der Waals surface area contributed by atoms with E-state index in [1.807, 2.05) is 44.2 Å². The quantitative estimate of drug-likeness (QED) is 0.219. The van der Waals surface area contributed by atoms with Crippen molar-refractivity contribution in [2.24, 2.45) is 11.8 Å². The maximum Gasteiger partial charge on any atom is 0.274 e. The van der Waals surface area contributed by atoms with Crippen molar-refractivity contribution >= 4 is 34.7 Å². The molecule has 0 radical (unpaired) electrons. The van der Waals surface area contributed by atoms with E-state index in [-0.39, 0.29) is 49.0 Å². The molecule has 12 heteroatoms. The number of aromatic nitrogens is 2. The van der Waals surface area contributed by atoms with Gasteiger partial charge in [-0.3, -0.25) is 19.2 Å². The standard InChI is InChI=1S/C31H38N4O7S/c1-19(2)10-25(28(37)31(3)17-41-31)34-29(38)21(11-20-8-6-5-7-9-20)12-27(36)24(13-22-16-43-18-32-22)33-30(39)26-14-23(15-40-4)42-35-26/h5-9,14,16,18-19,21,24-25H,10-13,15,17H2,1-4H3,(H,33,39)(H,34,38)/t21-,24+,25+,31-/m1/s1. The molecule has 1 aliphatic heterocycles. The van der Waals surface area contributed by atoms with Gasteiger partial charge in [-0.25, -0.2) is 4.98 Å². The molecule has 1 saturated heterocycles. The summed E-state index contributed by atoms with van der Waals surface area (Å²) in [7, 11) is 1.49. The highest BCUT2D eigenvalue weighted by atomic mass is 32.1. The van der Waals surface area contributed by atoms with Crippen molar-refractivity contribution in [3.8, 4) is 0 Å². The van der Waals surface area contributed by atoms with Crippen LogP contribution in [0.5, 0.6) is 0 Å². The van der Waals surface area contributed by atoms with E-state index < -0.39 is 35.4 Å². The topological polar surface area (TPSA) is 153 Å². The lowest BCUT2D eigenvalue weighted by Crippen LogP contribution is -2.50. The molecule has 230 valence electrons. The van der Waals surface area contributed by atoms with Gasteiger partial charge in [0.25, 0.3) is 5.91 Å². The summed E-state index contributed by atoms with van der Waals surface area (Å²) < 4.78 is 15.5. The Morgan fingerprint density at radius 2 is 1.84 bits per heavy atom. The third-order valence-corrected chi connectivity index (χ3v) is 7.89. The van der Waals surface area contributed by atoms with Crippen LogP contribution in [0.25, 0.3) is 0 Å². The number of ether oxygens (including phenoxy) is 2. The molecule has 4 rings (SSSR count). The predicted molar refractivity (Wildman–Crippen MR) is 158 cm³/mol. The van der Waals surface area contributed by atoms with Crippen LogP contribution in [0.15, 0.2) is 51.8 Å². The Balaban J connectivity index is 1.54. The lowest BCUT2D eigenvalue weighted by molar-refractivity contribution is -0.134. The maximum atomic E-state index is 13.8. The number of ketones is 2. The molecular formula is C31H38N4O7S. The van der Waals surface area contributed by atoms with Gasteiger partial charge in [-0.15, -0.1) is 11.3 Å². The first-order valence-corrected chi connectivity index (χ1v) is 15.2. The third kappa shape index (κ3) is 9.12. The average Bonchev–Trinajstić information content (AvgIpc) is 3.32. The first-order valence-electron chi connectivity index (χ1n) is 14.3. The number of carbonyl (C=O) groups is 4. The number of benzene rings is 1. The number of amides is 2. The van der Waals surface area contributed by atoms with Crippen molar-refractivity contribution in [3.05, 3.63) is 70.0 Å². The number of hydrogen-bond acceptors (Lipinski definition) is 10. The smallest absolute Gasteiger partial charge is 0.274 e. The zero-order valence-electron chi connectivity index (χ0n) is 24.8. The van der Waals surface area contributed by atoms with Crippen LogP contribution in [0.1, 0.15) is 61.1 Å². The largest absolute Gasteiger partial charge is 0.377 e. The number of nitrogens with one attached hydrogen (secondary N) is 2. The minimum Gasteiger partial charge on any atom is -0.377 e.